The molecule has 5 atom stereocenters. The first-order valence-corrected chi connectivity index (χ1v) is 12.2. The minimum absolute atomic E-state index is 0.00788. The third kappa shape index (κ3) is 4.70. The van der Waals surface area contributed by atoms with Crippen LogP contribution in [0.25, 0.3) is 0 Å². The molecular formula is C23H34N4O6. The first-order valence-electron chi connectivity index (χ1n) is 12.2. The van der Waals surface area contributed by atoms with Gasteiger partial charge in [-0.3, -0.25) is 19.2 Å². The fourth-order valence-corrected chi connectivity index (χ4v) is 5.59. The fourth-order valence-electron chi connectivity index (χ4n) is 5.59. The molecule has 10 heteroatoms. The van der Waals surface area contributed by atoms with Gasteiger partial charge in [-0.25, -0.2) is 4.79 Å². The first kappa shape index (κ1) is 23.5. The van der Waals surface area contributed by atoms with E-state index in [-0.39, 0.29) is 42.6 Å². The molecule has 0 aromatic rings. The summed E-state index contributed by atoms with van der Waals surface area (Å²) in [6, 6.07) is -2.80. The van der Waals surface area contributed by atoms with Gasteiger partial charge < -0.3 is 24.8 Å². The minimum Gasteiger partial charge on any atom is -0.464 e. The summed E-state index contributed by atoms with van der Waals surface area (Å²) in [5.74, 6) is -1.55. The molecule has 4 unspecified atom stereocenters. The molecule has 0 aliphatic carbocycles. The highest BCUT2D eigenvalue weighted by atomic mass is 16.5. The maximum Gasteiger partial charge on any atom is 0.328 e. The Kier molecular flexibility index (Phi) is 6.90. The quantitative estimate of drug-likeness (QED) is 0.509. The van der Waals surface area contributed by atoms with Crippen molar-refractivity contribution < 1.29 is 28.7 Å². The van der Waals surface area contributed by atoms with Gasteiger partial charge in [0.1, 0.15) is 30.8 Å². The Hall–Kier alpha value is -2.65. The summed E-state index contributed by atoms with van der Waals surface area (Å²) < 4.78 is 5.38. The lowest BCUT2D eigenvalue weighted by Crippen LogP contribution is -2.59. The molecule has 0 aromatic heterocycles. The van der Waals surface area contributed by atoms with E-state index in [1.54, 1.807) is 16.7 Å². The van der Waals surface area contributed by atoms with Crippen molar-refractivity contribution in [3.05, 3.63) is 0 Å². The van der Waals surface area contributed by atoms with E-state index in [1.807, 2.05) is 6.92 Å². The Balaban J connectivity index is 1.61. The molecule has 33 heavy (non-hydrogen) atoms. The molecule has 182 valence electrons. The number of hydrogen-bond donors (Lipinski definition) is 1. The lowest BCUT2D eigenvalue weighted by Gasteiger charge is -2.38. The number of hydrogen-bond acceptors (Lipinski definition) is 6. The highest BCUT2D eigenvalue weighted by Crippen LogP contribution is 2.27. The molecular weight excluding hydrogens is 428 g/mol. The second-order valence-electron chi connectivity index (χ2n) is 9.78. The average molecular weight is 463 g/mol. The Bertz CT molecular complexity index is 832. The number of rotatable bonds is 0. The summed E-state index contributed by atoms with van der Waals surface area (Å²) in [7, 11) is 0. The molecule has 4 fully saturated rings. The monoisotopic (exact) mass is 462 g/mol. The van der Waals surface area contributed by atoms with Crippen molar-refractivity contribution >= 4 is 29.6 Å². The fraction of sp³-hybridized carbons (Fsp3) is 0.783. The highest BCUT2D eigenvalue weighted by Gasteiger charge is 2.44. The molecule has 4 rings (SSSR count). The lowest BCUT2D eigenvalue weighted by molar-refractivity contribution is -0.156. The van der Waals surface area contributed by atoms with Crippen LogP contribution in [0.1, 0.15) is 58.8 Å². The van der Waals surface area contributed by atoms with Crippen LogP contribution in [0.4, 0.5) is 0 Å². The van der Waals surface area contributed by atoms with E-state index in [2.05, 4.69) is 5.32 Å². The minimum atomic E-state index is -0.825. The van der Waals surface area contributed by atoms with Gasteiger partial charge in [0.25, 0.3) is 0 Å². The van der Waals surface area contributed by atoms with Gasteiger partial charge in [-0.15, -0.1) is 0 Å². The number of cyclic esters (lactones) is 1. The molecule has 1 N–H and O–H groups in total. The number of esters is 1. The largest absolute Gasteiger partial charge is 0.464 e. The van der Waals surface area contributed by atoms with E-state index >= 15 is 0 Å². The standard InChI is InChI=1S/C23H34N4O6/c1-14-12-18-23(32)33-11-8-19(28)25-10-5-7-17(25)22(31)26-9-4-3-6-16(26)20(29)24-15(2)21(30)27(18)13-14/h14-18H,3-13H2,1-2H3,(H,24,29)/t14?,15?,16?,17-,18?/m0/s1. The van der Waals surface area contributed by atoms with Gasteiger partial charge in [0.15, 0.2) is 0 Å². The smallest absolute Gasteiger partial charge is 0.328 e. The van der Waals surface area contributed by atoms with Crippen LogP contribution >= 0.6 is 0 Å². The number of piperidine rings is 1. The van der Waals surface area contributed by atoms with Crippen LogP contribution in [0.15, 0.2) is 0 Å². The van der Waals surface area contributed by atoms with Gasteiger partial charge in [0, 0.05) is 19.6 Å². The van der Waals surface area contributed by atoms with Crippen molar-refractivity contribution in [2.45, 2.75) is 83.0 Å². The van der Waals surface area contributed by atoms with Crippen LogP contribution in [-0.2, 0) is 28.7 Å². The molecule has 0 aromatic carbocycles. The molecule has 0 saturated carbocycles. The zero-order chi connectivity index (χ0) is 23.7. The Morgan fingerprint density at radius 2 is 1.55 bits per heavy atom. The van der Waals surface area contributed by atoms with E-state index in [4.69, 9.17) is 4.74 Å². The molecule has 10 nitrogen and oxygen atoms in total. The molecule has 4 heterocycles. The number of nitrogens with zero attached hydrogens (tertiary/aromatic N) is 3. The molecule has 0 spiro atoms. The third-order valence-corrected chi connectivity index (χ3v) is 7.30. The predicted octanol–water partition coefficient (Wildman–Crippen LogP) is 0.0471. The van der Waals surface area contributed by atoms with Crippen molar-refractivity contribution in [3.8, 4) is 0 Å². The van der Waals surface area contributed by atoms with Crippen LogP contribution < -0.4 is 5.32 Å². The van der Waals surface area contributed by atoms with Crippen molar-refractivity contribution in [2.75, 3.05) is 26.2 Å². The number of carbonyl (C=O) groups excluding carboxylic acids is 5. The summed E-state index contributed by atoms with van der Waals surface area (Å²) in [4.78, 5) is 70.0. The highest BCUT2D eigenvalue weighted by molar-refractivity contribution is 5.95. The normalized spacial score (nSPS) is 34.5. The molecule has 4 aliphatic rings. The molecule has 0 bridgehead atoms. The van der Waals surface area contributed by atoms with Crippen LogP contribution in [0.2, 0.25) is 0 Å². The number of fused-ring (bicyclic) bond motifs is 3. The van der Waals surface area contributed by atoms with Crippen molar-refractivity contribution in [1.29, 1.82) is 0 Å². The zero-order valence-electron chi connectivity index (χ0n) is 19.5. The molecule has 4 saturated heterocycles. The zero-order valence-corrected chi connectivity index (χ0v) is 19.5. The van der Waals surface area contributed by atoms with Crippen LogP contribution in [0, 0.1) is 5.92 Å². The molecule has 0 radical (unpaired) electrons. The molecule has 4 aliphatic heterocycles. The topological polar surface area (TPSA) is 116 Å². The Morgan fingerprint density at radius 1 is 0.818 bits per heavy atom. The first-order chi connectivity index (χ1) is 15.8. The van der Waals surface area contributed by atoms with Gasteiger partial charge >= 0.3 is 5.97 Å². The van der Waals surface area contributed by atoms with Gasteiger partial charge in [0.2, 0.25) is 23.6 Å². The number of carbonyl (C=O) groups is 5. The van der Waals surface area contributed by atoms with Crippen molar-refractivity contribution in [1.82, 2.24) is 20.0 Å². The summed E-state index contributed by atoms with van der Waals surface area (Å²) in [6.45, 7) is 4.83. The van der Waals surface area contributed by atoms with E-state index in [1.165, 1.54) is 4.90 Å². The SMILES string of the molecule is CC1CC2C(=O)OCCC(=O)N3CCC[C@H]3C(=O)N3CCCCC3C(=O)NC(C)C(=O)N2C1. The Labute approximate surface area is 193 Å². The lowest BCUT2D eigenvalue weighted by atomic mass is 9.99. The van der Waals surface area contributed by atoms with E-state index in [9.17, 15) is 24.0 Å². The van der Waals surface area contributed by atoms with Crippen molar-refractivity contribution in [3.63, 3.8) is 0 Å². The maximum atomic E-state index is 13.4. The van der Waals surface area contributed by atoms with Crippen molar-refractivity contribution in [2.24, 2.45) is 5.92 Å². The Morgan fingerprint density at radius 3 is 2.33 bits per heavy atom. The van der Waals surface area contributed by atoms with Gasteiger partial charge in [-0.05, 0) is 51.4 Å². The van der Waals surface area contributed by atoms with Crippen LogP contribution in [0.3, 0.4) is 0 Å². The second-order valence-corrected chi connectivity index (χ2v) is 9.78. The number of amides is 4. The maximum absolute atomic E-state index is 13.4. The average Bonchev–Trinajstić information content (AvgIpc) is 3.44. The number of ether oxygens (including phenoxy) is 1. The van der Waals surface area contributed by atoms with Gasteiger partial charge in [-0.2, -0.15) is 0 Å². The van der Waals surface area contributed by atoms with E-state index in [0.717, 1.165) is 12.8 Å². The van der Waals surface area contributed by atoms with E-state index < -0.39 is 30.1 Å². The van der Waals surface area contributed by atoms with Crippen LogP contribution in [0.5, 0.6) is 0 Å². The number of nitrogens with one attached hydrogen (secondary N) is 1. The molecule has 4 amide bonds. The van der Waals surface area contributed by atoms with Gasteiger partial charge in [0.05, 0.1) is 6.42 Å². The summed E-state index contributed by atoms with van der Waals surface area (Å²) in [5, 5.41) is 2.79. The summed E-state index contributed by atoms with van der Waals surface area (Å²) >= 11 is 0. The third-order valence-electron chi connectivity index (χ3n) is 7.30. The second kappa shape index (κ2) is 9.69. The van der Waals surface area contributed by atoms with E-state index in [0.29, 0.717) is 45.3 Å². The van der Waals surface area contributed by atoms with Crippen LogP contribution in [-0.4, -0.2) is 94.7 Å². The summed E-state index contributed by atoms with van der Waals surface area (Å²) in [6.07, 6.45) is 3.88. The van der Waals surface area contributed by atoms with Gasteiger partial charge in [-0.1, -0.05) is 6.92 Å². The predicted molar refractivity (Wildman–Crippen MR) is 117 cm³/mol. The summed E-state index contributed by atoms with van der Waals surface area (Å²) in [5.41, 5.74) is 0.